The molecular formula is C8H7IN4. The second-order valence-corrected chi connectivity index (χ2v) is 3.75. The Labute approximate surface area is 89.0 Å². The molecule has 0 aliphatic heterocycles. The van der Waals surface area contributed by atoms with Crippen molar-refractivity contribution in [2.24, 2.45) is 0 Å². The van der Waals surface area contributed by atoms with Gasteiger partial charge in [0.2, 0.25) is 0 Å². The predicted octanol–water partition coefficient (Wildman–Crippen LogP) is 1.78. The number of H-pyrrole nitrogens is 1. The molecule has 2 aromatic rings. The molecule has 0 saturated carbocycles. The van der Waals surface area contributed by atoms with Gasteiger partial charge in [0, 0.05) is 12.4 Å². The summed E-state index contributed by atoms with van der Waals surface area (Å²) < 4.78 is 1.06. The van der Waals surface area contributed by atoms with Crippen LogP contribution in [0.1, 0.15) is 5.69 Å². The Morgan fingerprint density at radius 3 is 2.69 bits per heavy atom. The molecule has 0 fully saturated rings. The van der Waals surface area contributed by atoms with Crippen molar-refractivity contribution >= 4 is 22.6 Å². The van der Waals surface area contributed by atoms with Gasteiger partial charge >= 0.3 is 0 Å². The SMILES string of the molecule is Cc1nccnc1-c1[nH]ncc1I. The summed E-state index contributed by atoms with van der Waals surface area (Å²) in [6.07, 6.45) is 5.13. The standard InChI is InChI=1S/C8H7IN4/c1-5-7(11-3-2-10-5)8-6(9)4-12-13-8/h2-4H,1H3,(H,12,13). The topological polar surface area (TPSA) is 54.5 Å². The van der Waals surface area contributed by atoms with Crippen LogP contribution in [0.2, 0.25) is 0 Å². The number of halogens is 1. The van der Waals surface area contributed by atoms with E-state index in [9.17, 15) is 0 Å². The van der Waals surface area contributed by atoms with Gasteiger partial charge in [0.05, 0.1) is 21.2 Å². The van der Waals surface area contributed by atoms with Crippen LogP contribution in [0.5, 0.6) is 0 Å². The molecular weight excluding hydrogens is 279 g/mol. The van der Waals surface area contributed by atoms with Gasteiger partial charge in [-0.1, -0.05) is 0 Å². The highest BCUT2D eigenvalue weighted by molar-refractivity contribution is 14.1. The van der Waals surface area contributed by atoms with Gasteiger partial charge in [-0.2, -0.15) is 5.10 Å². The number of hydrogen-bond acceptors (Lipinski definition) is 3. The smallest absolute Gasteiger partial charge is 0.110 e. The number of aromatic amines is 1. The highest BCUT2D eigenvalue weighted by Crippen LogP contribution is 2.21. The Hall–Kier alpha value is -0.980. The van der Waals surface area contributed by atoms with Gasteiger partial charge in [0.15, 0.2) is 0 Å². The van der Waals surface area contributed by atoms with Crippen LogP contribution in [-0.2, 0) is 0 Å². The van der Waals surface area contributed by atoms with E-state index in [4.69, 9.17) is 0 Å². The Bertz CT molecular complexity index is 424. The monoisotopic (exact) mass is 286 g/mol. The average molecular weight is 286 g/mol. The zero-order chi connectivity index (χ0) is 9.26. The van der Waals surface area contributed by atoms with Crippen molar-refractivity contribution in [2.75, 3.05) is 0 Å². The van der Waals surface area contributed by atoms with Crippen molar-refractivity contribution in [1.82, 2.24) is 20.2 Å². The summed E-state index contributed by atoms with van der Waals surface area (Å²) in [4.78, 5) is 8.41. The number of aryl methyl sites for hydroxylation is 1. The quantitative estimate of drug-likeness (QED) is 0.813. The first kappa shape index (κ1) is 8.61. The van der Waals surface area contributed by atoms with Gasteiger partial charge in [-0.25, -0.2) is 0 Å². The zero-order valence-electron chi connectivity index (χ0n) is 6.95. The fraction of sp³-hybridized carbons (Fsp3) is 0.125. The molecule has 0 spiro atoms. The number of nitrogens with zero attached hydrogens (tertiary/aromatic N) is 3. The van der Waals surface area contributed by atoms with E-state index in [2.05, 4.69) is 42.8 Å². The first-order valence-corrected chi connectivity index (χ1v) is 4.84. The van der Waals surface area contributed by atoms with Gasteiger partial charge < -0.3 is 0 Å². The summed E-state index contributed by atoms with van der Waals surface area (Å²) >= 11 is 2.21. The molecule has 0 atom stereocenters. The molecule has 0 aliphatic rings. The maximum atomic E-state index is 4.24. The van der Waals surface area contributed by atoms with E-state index in [-0.39, 0.29) is 0 Å². The van der Waals surface area contributed by atoms with E-state index < -0.39 is 0 Å². The van der Waals surface area contributed by atoms with Gasteiger partial charge in [-0.3, -0.25) is 15.1 Å². The maximum absolute atomic E-state index is 4.24. The summed E-state index contributed by atoms with van der Waals surface area (Å²) in [5.41, 5.74) is 2.71. The average Bonchev–Trinajstić information content (AvgIpc) is 2.52. The van der Waals surface area contributed by atoms with E-state index in [1.807, 2.05) is 6.92 Å². The van der Waals surface area contributed by atoms with Gasteiger partial charge in [-0.05, 0) is 29.5 Å². The van der Waals surface area contributed by atoms with Crippen LogP contribution in [0.3, 0.4) is 0 Å². The van der Waals surface area contributed by atoms with Gasteiger partial charge in [0.1, 0.15) is 5.69 Å². The van der Waals surface area contributed by atoms with Crippen molar-refractivity contribution in [3.8, 4) is 11.4 Å². The molecule has 0 radical (unpaired) electrons. The minimum Gasteiger partial charge on any atom is -0.275 e. The molecule has 2 aromatic heterocycles. The van der Waals surface area contributed by atoms with E-state index in [0.29, 0.717) is 0 Å². The molecule has 13 heavy (non-hydrogen) atoms. The van der Waals surface area contributed by atoms with Crippen LogP contribution in [0.4, 0.5) is 0 Å². The number of aromatic nitrogens is 4. The molecule has 0 bridgehead atoms. The Morgan fingerprint density at radius 1 is 1.31 bits per heavy atom. The third-order valence-corrected chi connectivity index (χ3v) is 2.53. The second-order valence-electron chi connectivity index (χ2n) is 2.58. The maximum Gasteiger partial charge on any atom is 0.110 e. The Kier molecular flexibility index (Phi) is 2.26. The Morgan fingerprint density at radius 2 is 2.08 bits per heavy atom. The lowest BCUT2D eigenvalue weighted by Crippen LogP contribution is -1.92. The summed E-state index contributed by atoms with van der Waals surface area (Å²) in [6.45, 7) is 1.93. The molecule has 0 amide bonds. The largest absolute Gasteiger partial charge is 0.275 e. The second kappa shape index (κ2) is 3.41. The molecule has 2 heterocycles. The lowest BCUT2D eigenvalue weighted by molar-refractivity contribution is 1.06. The Balaban J connectivity index is 2.59. The highest BCUT2D eigenvalue weighted by Gasteiger charge is 2.08. The van der Waals surface area contributed by atoms with Crippen molar-refractivity contribution in [3.05, 3.63) is 27.9 Å². The van der Waals surface area contributed by atoms with Crippen molar-refractivity contribution < 1.29 is 0 Å². The molecule has 4 nitrogen and oxygen atoms in total. The minimum atomic E-state index is 0.865. The minimum absolute atomic E-state index is 0.865. The van der Waals surface area contributed by atoms with Crippen LogP contribution in [0.15, 0.2) is 18.6 Å². The first-order valence-electron chi connectivity index (χ1n) is 3.76. The summed E-state index contributed by atoms with van der Waals surface area (Å²) in [5, 5.41) is 6.84. The number of nitrogens with one attached hydrogen (secondary N) is 1. The molecule has 0 aromatic carbocycles. The fourth-order valence-electron chi connectivity index (χ4n) is 1.09. The molecule has 5 heteroatoms. The zero-order valence-corrected chi connectivity index (χ0v) is 9.11. The van der Waals surface area contributed by atoms with Gasteiger partial charge in [-0.15, -0.1) is 0 Å². The van der Waals surface area contributed by atoms with Crippen LogP contribution in [0.25, 0.3) is 11.4 Å². The number of rotatable bonds is 1. The summed E-state index contributed by atoms with van der Waals surface area (Å²) in [5.74, 6) is 0. The third-order valence-electron chi connectivity index (χ3n) is 1.71. The lowest BCUT2D eigenvalue weighted by Gasteiger charge is -1.99. The summed E-state index contributed by atoms with van der Waals surface area (Å²) in [6, 6.07) is 0. The van der Waals surface area contributed by atoms with E-state index in [1.165, 1.54) is 0 Å². The summed E-state index contributed by atoms with van der Waals surface area (Å²) in [7, 11) is 0. The first-order chi connectivity index (χ1) is 6.29. The predicted molar refractivity (Wildman–Crippen MR) is 57.1 cm³/mol. The highest BCUT2D eigenvalue weighted by atomic mass is 127. The van der Waals surface area contributed by atoms with E-state index in [1.54, 1.807) is 18.6 Å². The lowest BCUT2D eigenvalue weighted by atomic mass is 10.2. The van der Waals surface area contributed by atoms with Crippen molar-refractivity contribution in [3.63, 3.8) is 0 Å². The van der Waals surface area contributed by atoms with Crippen molar-refractivity contribution in [2.45, 2.75) is 6.92 Å². The van der Waals surface area contributed by atoms with Gasteiger partial charge in [0.25, 0.3) is 0 Å². The third kappa shape index (κ3) is 1.55. The normalized spacial score (nSPS) is 10.3. The van der Waals surface area contributed by atoms with Crippen molar-refractivity contribution in [1.29, 1.82) is 0 Å². The molecule has 0 unspecified atom stereocenters. The molecule has 66 valence electrons. The molecule has 0 aliphatic carbocycles. The van der Waals surface area contributed by atoms with E-state index >= 15 is 0 Å². The fourth-order valence-corrected chi connectivity index (χ4v) is 1.61. The molecule has 2 rings (SSSR count). The van der Waals surface area contributed by atoms with Crippen LogP contribution in [-0.4, -0.2) is 20.2 Å². The van der Waals surface area contributed by atoms with Crippen LogP contribution >= 0.6 is 22.6 Å². The van der Waals surface area contributed by atoms with E-state index in [0.717, 1.165) is 20.7 Å². The van der Waals surface area contributed by atoms with Crippen LogP contribution in [0, 0.1) is 10.5 Å². The van der Waals surface area contributed by atoms with Crippen LogP contribution < -0.4 is 0 Å². The number of hydrogen-bond donors (Lipinski definition) is 1. The molecule has 0 saturated heterocycles. The molecule has 1 N–H and O–H groups in total.